The molecule has 0 saturated heterocycles. The van der Waals surface area contributed by atoms with Crippen molar-refractivity contribution in [1.29, 1.82) is 0 Å². The number of rotatable bonds is 3. The molecule has 2 aliphatic carbocycles. The second-order valence-electron chi connectivity index (χ2n) is 9.18. The van der Waals surface area contributed by atoms with Crippen LogP contribution in [0.5, 0.6) is 0 Å². The number of nitrogens with zero attached hydrogens (tertiary/aromatic N) is 3. The van der Waals surface area contributed by atoms with Crippen molar-refractivity contribution in [1.82, 2.24) is 4.98 Å². The lowest BCUT2D eigenvalue weighted by Crippen LogP contribution is -2.38. The topological polar surface area (TPSA) is 66.9 Å². The molecule has 0 spiro atoms. The van der Waals surface area contributed by atoms with Gasteiger partial charge in [0.15, 0.2) is 0 Å². The van der Waals surface area contributed by atoms with Gasteiger partial charge in [-0.1, -0.05) is 18.2 Å². The maximum Gasteiger partial charge on any atom is 0.230 e. The van der Waals surface area contributed by atoms with Crippen LogP contribution in [0.2, 0.25) is 0 Å². The maximum absolute atomic E-state index is 13.9. The number of benzene rings is 1. The molecule has 6 rings (SSSR count). The van der Waals surface area contributed by atoms with E-state index in [-0.39, 0.29) is 24.0 Å². The van der Waals surface area contributed by atoms with Gasteiger partial charge in [-0.15, -0.1) is 0 Å². The third-order valence-electron chi connectivity index (χ3n) is 7.24. The summed E-state index contributed by atoms with van der Waals surface area (Å²) < 4.78 is 11.2. The molecule has 0 unspecified atom stereocenters. The third-order valence-corrected chi connectivity index (χ3v) is 7.24. The van der Waals surface area contributed by atoms with Crippen molar-refractivity contribution in [3.05, 3.63) is 78.5 Å². The summed E-state index contributed by atoms with van der Waals surface area (Å²) in [7, 11) is 1.76. The highest BCUT2D eigenvalue weighted by Gasteiger charge is 2.34. The van der Waals surface area contributed by atoms with Gasteiger partial charge in [0.2, 0.25) is 5.91 Å². The molecule has 1 aromatic heterocycles. The summed E-state index contributed by atoms with van der Waals surface area (Å²) in [4.78, 5) is 22.6. The largest absolute Gasteiger partial charge is 0.465 e. The number of carbonyl (C=O) groups excluding carboxylic acids is 1. The number of nitrogens with one attached hydrogen (secondary N) is 1. The van der Waals surface area contributed by atoms with E-state index >= 15 is 0 Å². The minimum atomic E-state index is -0.00304. The Morgan fingerprint density at radius 2 is 2.09 bits per heavy atom. The van der Waals surface area contributed by atoms with Crippen LogP contribution >= 0.6 is 0 Å². The number of methoxy groups -OCH3 is 1. The molecule has 7 nitrogen and oxygen atoms in total. The van der Waals surface area contributed by atoms with Crippen LogP contribution in [0.25, 0.3) is 0 Å². The van der Waals surface area contributed by atoms with Gasteiger partial charge in [-0.3, -0.25) is 4.79 Å². The number of allylic oxidation sites excluding steroid dienone is 2. The first-order chi connectivity index (χ1) is 16.7. The minimum absolute atomic E-state index is 0.00304. The summed E-state index contributed by atoms with van der Waals surface area (Å²) in [5.41, 5.74) is 3.77. The fourth-order valence-electron chi connectivity index (χ4n) is 5.34. The monoisotopic (exact) mass is 456 g/mol. The first-order valence-electron chi connectivity index (χ1n) is 11.9. The highest BCUT2D eigenvalue weighted by molar-refractivity contribution is 6.00. The fraction of sp³-hybridized carbons (Fsp3) is 0.333. The third kappa shape index (κ3) is 3.66. The van der Waals surface area contributed by atoms with E-state index < -0.39 is 0 Å². The average molecular weight is 457 g/mol. The summed E-state index contributed by atoms with van der Waals surface area (Å²) in [5.74, 6) is 1.86. The summed E-state index contributed by atoms with van der Waals surface area (Å²) in [6.45, 7) is 0.489. The number of pyridine rings is 1. The minimum Gasteiger partial charge on any atom is -0.465 e. The van der Waals surface area contributed by atoms with Crippen LogP contribution in [-0.4, -0.2) is 30.1 Å². The summed E-state index contributed by atoms with van der Waals surface area (Å²) in [6, 6.07) is 10.2. The van der Waals surface area contributed by atoms with E-state index in [1.807, 2.05) is 41.5 Å². The highest BCUT2D eigenvalue weighted by atomic mass is 16.5. The molecule has 0 radical (unpaired) electrons. The Morgan fingerprint density at radius 3 is 2.94 bits per heavy atom. The van der Waals surface area contributed by atoms with E-state index in [1.165, 1.54) is 0 Å². The Bertz CT molecular complexity index is 1200. The van der Waals surface area contributed by atoms with E-state index in [1.54, 1.807) is 19.6 Å². The van der Waals surface area contributed by atoms with Crippen molar-refractivity contribution in [3.8, 4) is 0 Å². The molecule has 1 amide bonds. The van der Waals surface area contributed by atoms with Crippen LogP contribution in [0, 0.1) is 5.92 Å². The van der Waals surface area contributed by atoms with Crippen LogP contribution in [0.3, 0.4) is 0 Å². The number of carbonyl (C=O) groups is 1. The van der Waals surface area contributed by atoms with Gasteiger partial charge < -0.3 is 24.6 Å². The number of hydrogen-bond donors (Lipinski definition) is 1. The van der Waals surface area contributed by atoms with Gasteiger partial charge in [-0.2, -0.15) is 0 Å². The van der Waals surface area contributed by atoms with E-state index in [4.69, 9.17) is 9.47 Å². The van der Waals surface area contributed by atoms with Crippen LogP contribution in [0.4, 0.5) is 22.9 Å². The number of ether oxygens (including phenoxy) is 2. The van der Waals surface area contributed by atoms with Gasteiger partial charge in [-0.05, 0) is 56.0 Å². The van der Waals surface area contributed by atoms with Gasteiger partial charge in [0, 0.05) is 36.7 Å². The standard InChI is InChI=1S/C27H28N4O3/c1-33-21-10-7-18(8-11-21)27(32)31-17-19-4-3-13-28-26(19)29-22-12-9-20(16-24(22)31)30-14-15-34-25-6-2-5-23(25)30/h2-6,9,12-16,18,21,23H,7-8,10-11,17H2,1H3,(H,28,29)/t18?,21?,23-/m1/s1. The Hall–Kier alpha value is -3.58. The molecule has 1 saturated carbocycles. The maximum atomic E-state index is 13.9. The lowest BCUT2D eigenvalue weighted by molar-refractivity contribution is -0.124. The number of amides is 1. The van der Waals surface area contributed by atoms with Crippen molar-refractivity contribution < 1.29 is 14.3 Å². The van der Waals surface area contributed by atoms with Crippen LogP contribution in [0.1, 0.15) is 31.2 Å². The van der Waals surface area contributed by atoms with Gasteiger partial charge in [0.05, 0.1) is 24.0 Å². The predicted molar refractivity (Wildman–Crippen MR) is 132 cm³/mol. The van der Waals surface area contributed by atoms with Gasteiger partial charge in [0.1, 0.15) is 23.9 Å². The van der Waals surface area contributed by atoms with Crippen LogP contribution in [-0.2, 0) is 20.8 Å². The van der Waals surface area contributed by atoms with E-state index in [2.05, 4.69) is 33.4 Å². The second-order valence-corrected chi connectivity index (χ2v) is 9.18. The zero-order chi connectivity index (χ0) is 23.1. The molecule has 7 heteroatoms. The highest BCUT2D eigenvalue weighted by Crippen LogP contribution is 2.41. The molecule has 1 aromatic carbocycles. The van der Waals surface area contributed by atoms with Gasteiger partial charge >= 0.3 is 0 Å². The molecular weight excluding hydrogens is 428 g/mol. The number of fused-ring (bicyclic) bond motifs is 3. The summed E-state index contributed by atoms with van der Waals surface area (Å²) in [6.07, 6.45) is 15.3. The molecular formula is C27H28N4O3. The Labute approximate surface area is 199 Å². The lowest BCUT2D eigenvalue weighted by Gasteiger charge is -2.34. The molecule has 2 aromatic rings. The van der Waals surface area contributed by atoms with Gasteiger partial charge in [-0.25, -0.2) is 4.98 Å². The molecule has 1 fully saturated rings. The average Bonchev–Trinajstić information content (AvgIpc) is 3.31. The van der Waals surface area contributed by atoms with Crippen molar-refractivity contribution in [3.63, 3.8) is 0 Å². The first-order valence-corrected chi connectivity index (χ1v) is 11.9. The van der Waals surface area contributed by atoms with Crippen molar-refractivity contribution in [2.24, 2.45) is 5.92 Å². The SMILES string of the molecule is COC1CCC(C(=O)N2Cc3cccnc3Nc3ccc(N4C=COC5=CC=C[C@H]54)cc32)CC1. The lowest BCUT2D eigenvalue weighted by atomic mass is 9.86. The summed E-state index contributed by atoms with van der Waals surface area (Å²) >= 11 is 0. The number of aromatic nitrogens is 1. The molecule has 174 valence electrons. The van der Waals surface area contributed by atoms with Crippen molar-refractivity contribution in [2.75, 3.05) is 22.2 Å². The Kier molecular flexibility index (Phi) is 5.34. The zero-order valence-electron chi connectivity index (χ0n) is 19.2. The zero-order valence-corrected chi connectivity index (χ0v) is 19.2. The quantitative estimate of drug-likeness (QED) is 0.701. The molecule has 1 N–H and O–H groups in total. The molecule has 34 heavy (non-hydrogen) atoms. The number of anilines is 4. The van der Waals surface area contributed by atoms with E-state index in [9.17, 15) is 4.79 Å². The van der Waals surface area contributed by atoms with E-state index in [0.29, 0.717) is 6.54 Å². The van der Waals surface area contributed by atoms with Crippen LogP contribution in [0.15, 0.2) is 73.0 Å². The second kappa shape index (κ2) is 8.65. The molecule has 1 atom stereocenters. The Morgan fingerprint density at radius 1 is 1.21 bits per heavy atom. The molecule has 3 heterocycles. The predicted octanol–water partition coefficient (Wildman–Crippen LogP) is 5.01. The van der Waals surface area contributed by atoms with Crippen molar-refractivity contribution in [2.45, 2.75) is 44.4 Å². The van der Waals surface area contributed by atoms with Crippen molar-refractivity contribution >= 4 is 28.8 Å². The first kappa shape index (κ1) is 21.0. The molecule has 2 aliphatic heterocycles. The van der Waals surface area contributed by atoms with Crippen LogP contribution < -0.4 is 15.1 Å². The normalized spacial score (nSPS) is 24.9. The number of hydrogen-bond acceptors (Lipinski definition) is 6. The molecule has 4 aliphatic rings. The van der Waals surface area contributed by atoms with E-state index in [0.717, 1.165) is 59.9 Å². The van der Waals surface area contributed by atoms with Gasteiger partial charge in [0.25, 0.3) is 0 Å². The summed E-state index contributed by atoms with van der Waals surface area (Å²) in [5, 5.41) is 3.47. The fourth-order valence-corrected chi connectivity index (χ4v) is 5.34. The Balaban J connectivity index is 1.38. The smallest absolute Gasteiger partial charge is 0.230 e. The molecule has 0 bridgehead atoms.